The van der Waals surface area contributed by atoms with Crippen LogP contribution in [0.3, 0.4) is 0 Å². The minimum Gasteiger partial charge on any atom is -0.384 e. The first-order chi connectivity index (χ1) is 14.6. The highest BCUT2D eigenvalue weighted by atomic mass is 16.1. The van der Waals surface area contributed by atoms with E-state index in [1.807, 2.05) is 30.3 Å². The molecule has 0 spiro atoms. The Morgan fingerprint density at radius 2 is 1.93 bits per heavy atom. The van der Waals surface area contributed by atoms with Crippen molar-refractivity contribution in [2.45, 2.75) is 45.7 Å². The van der Waals surface area contributed by atoms with Crippen LogP contribution in [0.5, 0.6) is 0 Å². The number of anilines is 1. The molecule has 0 fully saturated rings. The van der Waals surface area contributed by atoms with Gasteiger partial charge in [0.05, 0.1) is 5.52 Å². The Balaban J connectivity index is 1.40. The van der Waals surface area contributed by atoms with Gasteiger partial charge in [0.1, 0.15) is 5.82 Å². The molecule has 1 aliphatic rings. The van der Waals surface area contributed by atoms with Crippen LogP contribution in [0.4, 0.5) is 5.82 Å². The van der Waals surface area contributed by atoms with Gasteiger partial charge in [-0.3, -0.25) is 4.79 Å². The van der Waals surface area contributed by atoms with Crippen molar-refractivity contribution < 1.29 is 4.79 Å². The molecule has 4 aromatic rings. The summed E-state index contributed by atoms with van der Waals surface area (Å²) in [4.78, 5) is 17.2. The predicted molar refractivity (Wildman–Crippen MR) is 122 cm³/mol. The fraction of sp³-hybridized carbons (Fsp3) is 0.280. The van der Waals surface area contributed by atoms with Crippen LogP contribution in [0, 0.1) is 0 Å². The second-order valence-corrected chi connectivity index (χ2v) is 8.05. The zero-order valence-corrected chi connectivity index (χ0v) is 17.2. The molecule has 2 heterocycles. The highest BCUT2D eigenvalue weighted by molar-refractivity contribution is 5.99. The van der Waals surface area contributed by atoms with E-state index < -0.39 is 0 Å². The first kappa shape index (κ1) is 18.7. The van der Waals surface area contributed by atoms with Crippen molar-refractivity contribution in [3.05, 3.63) is 70.9 Å². The Bertz CT molecular complexity index is 1270. The third-order valence-corrected chi connectivity index (χ3v) is 6.19. The monoisotopic (exact) mass is 398 g/mol. The molecule has 1 aliphatic carbocycles. The van der Waals surface area contributed by atoms with E-state index >= 15 is 0 Å². The lowest BCUT2D eigenvalue weighted by molar-refractivity contribution is 0.0951. The number of rotatable bonds is 4. The summed E-state index contributed by atoms with van der Waals surface area (Å²) >= 11 is 0. The standard InChI is InChI=1S/C25H26N4O/c1-2-29-22-6-4-3-5-19(22)20-14-18(9-11-23(20)29)25(30)27-15-16-7-8-17-10-12-24(26)28-21(17)13-16/h7-14H,2-6,15H2,1H3,(H2,26,28)(H,27,30). The highest BCUT2D eigenvalue weighted by Crippen LogP contribution is 2.32. The van der Waals surface area contributed by atoms with Crippen LogP contribution in [0.1, 0.15) is 46.9 Å². The van der Waals surface area contributed by atoms with Crippen molar-refractivity contribution in [3.8, 4) is 0 Å². The molecule has 2 aromatic carbocycles. The zero-order valence-electron chi connectivity index (χ0n) is 17.2. The van der Waals surface area contributed by atoms with E-state index in [0.29, 0.717) is 17.9 Å². The quantitative estimate of drug-likeness (QED) is 0.528. The van der Waals surface area contributed by atoms with Gasteiger partial charge in [-0.1, -0.05) is 12.1 Å². The summed E-state index contributed by atoms with van der Waals surface area (Å²) in [5.74, 6) is 0.450. The third-order valence-electron chi connectivity index (χ3n) is 6.19. The van der Waals surface area contributed by atoms with Crippen molar-refractivity contribution in [2.75, 3.05) is 5.73 Å². The molecule has 0 atom stereocenters. The molecule has 152 valence electrons. The molecule has 5 nitrogen and oxygen atoms in total. The molecule has 0 bridgehead atoms. The van der Waals surface area contributed by atoms with Crippen LogP contribution < -0.4 is 11.1 Å². The van der Waals surface area contributed by atoms with E-state index in [0.717, 1.165) is 35.9 Å². The van der Waals surface area contributed by atoms with Crippen LogP contribution in [0.25, 0.3) is 21.8 Å². The van der Waals surface area contributed by atoms with E-state index in [9.17, 15) is 4.79 Å². The van der Waals surface area contributed by atoms with Crippen molar-refractivity contribution in [1.29, 1.82) is 0 Å². The van der Waals surface area contributed by atoms with Gasteiger partial charge in [0, 0.05) is 40.6 Å². The maximum atomic E-state index is 12.9. The lowest BCUT2D eigenvalue weighted by Gasteiger charge is -2.14. The molecular formula is C25H26N4O. The van der Waals surface area contributed by atoms with Gasteiger partial charge in [0.15, 0.2) is 0 Å². The number of aromatic nitrogens is 2. The number of nitrogens with two attached hydrogens (primary N) is 1. The minimum atomic E-state index is -0.0497. The van der Waals surface area contributed by atoms with Gasteiger partial charge in [0.25, 0.3) is 5.91 Å². The molecule has 0 saturated heterocycles. The van der Waals surface area contributed by atoms with Crippen LogP contribution in [-0.2, 0) is 25.9 Å². The summed E-state index contributed by atoms with van der Waals surface area (Å²) in [5.41, 5.74) is 12.5. The van der Waals surface area contributed by atoms with E-state index in [-0.39, 0.29) is 5.91 Å². The van der Waals surface area contributed by atoms with Gasteiger partial charge in [-0.05, 0) is 80.1 Å². The molecule has 0 radical (unpaired) electrons. The molecule has 1 amide bonds. The Morgan fingerprint density at radius 1 is 1.10 bits per heavy atom. The number of nitrogens with one attached hydrogen (secondary N) is 1. The third kappa shape index (κ3) is 3.20. The fourth-order valence-corrected chi connectivity index (χ4v) is 4.71. The van der Waals surface area contributed by atoms with Gasteiger partial charge in [-0.2, -0.15) is 0 Å². The lowest BCUT2D eigenvalue weighted by atomic mass is 9.95. The molecule has 0 unspecified atom stereocenters. The zero-order chi connectivity index (χ0) is 20.7. The number of amides is 1. The molecule has 5 heteroatoms. The van der Waals surface area contributed by atoms with Gasteiger partial charge < -0.3 is 15.6 Å². The number of pyridine rings is 1. The number of nitrogens with zero attached hydrogens (tertiary/aromatic N) is 2. The number of carbonyl (C=O) groups is 1. The summed E-state index contributed by atoms with van der Waals surface area (Å²) in [7, 11) is 0. The predicted octanol–water partition coefficient (Wildman–Crippen LogP) is 4.60. The van der Waals surface area contributed by atoms with Crippen LogP contribution in [-0.4, -0.2) is 15.5 Å². The SMILES string of the molecule is CCn1c2c(c3cc(C(=O)NCc4ccc5ccc(N)nc5c4)ccc31)CCCC2. The van der Waals surface area contributed by atoms with E-state index in [2.05, 4.69) is 33.9 Å². The van der Waals surface area contributed by atoms with Crippen LogP contribution in [0.2, 0.25) is 0 Å². The number of benzene rings is 2. The summed E-state index contributed by atoms with van der Waals surface area (Å²) in [6, 6.07) is 15.9. The topological polar surface area (TPSA) is 72.9 Å². The van der Waals surface area contributed by atoms with E-state index in [1.54, 1.807) is 6.07 Å². The number of fused-ring (bicyclic) bond motifs is 4. The maximum Gasteiger partial charge on any atom is 0.251 e. The first-order valence-electron chi connectivity index (χ1n) is 10.7. The first-order valence-corrected chi connectivity index (χ1v) is 10.7. The lowest BCUT2D eigenvalue weighted by Crippen LogP contribution is -2.22. The van der Waals surface area contributed by atoms with Gasteiger partial charge in [0.2, 0.25) is 0 Å². The number of aryl methyl sites for hydroxylation is 2. The van der Waals surface area contributed by atoms with Crippen molar-refractivity contribution in [2.24, 2.45) is 0 Å². The molecule has 30 heavy (non-hydrogen) atoms. The summed E-state index contributed by atoms with van der Waals surface area (Å²) in [6.07, 6.45) is 4.73. The maximum absolute atomic E-state index is 12.9. The number of hydrogen-bond acceptors (Lipinski definition) is 3. The smallest absolute Gasteiger partial charge is 0.251 e. The Hall–Kier alpha value is -3.34. The van der Waals surface area contributed by atoms with Crippen LogP contribution in [0.15, 0.2) is 48.5 Å². The molecule has 2 aromatic heterocycles. The van der Waals surface area contributed by atoms with Crippen molar-refractivity contribution in [3.63, 3.8) is 0 Å². The number of nitrogen functional groups attached to an aromatic ring is 1. The van der Waals surface area contributed by atoms with Gasteiger partial charge in [-0.25, -0.2) is 4.98 Å². The Labute approximate surface area is 175 Å². The Morgan fingerprint density at radius 3 is 2.80 bits per heavy atom. The van der Waals surface area contributed by atoms with Crippen LogP contribution >= 0.6 is 0 Å². The average Bonchev–Trinajstić information content (AvgIpc) is 3.10. The number of carbonyl (C=O) groups excluding carboxylic acids is 1. The summed E-state index contributed by atoms with van der Waals surface area (Å²) in [6.45, 7) is 3.62. The minimum absolute atomic E-state index is 0.0497. The van der Waals surface area contributed by atoms with Crippen molar-refractivity contribution in [1.82, 2.24) is 14.9 Å². The molecule has 0 aliphatic heterocycles. The van der Waals surface area contributed by atoms with Gasteiger partial charge in [-0.15, -0.1) is 0 Å². The summed E-state index contributed by atoms with van der Waals surface area (Å²) < 4.78 is 2.42. The normalized spacial score (nSPS) is 13.5. The van der Waals surface area contributed by atoms with E-state index in [1.165, 1.54) is 35.0 Å². The average molecular weight is 399 g/mol. The highest BCUT2D eigenvalue weighted by Gasteiger charge is 2.20. The fourth-order valence-electron chi connectivity index (χ4n) is 4.71. The van der Waals surface area contributed by atoms with Gasteiger partial charge >= 0.3 is 0 Å². The largest absolute Gasteiger partial charge is 0.384 e. The molecule has 3 N–H and O–H groups in total. The second-order valence-electron chi connectivity index (χ2n) is 8.05. The Kier molecular flexibility index (Phi) is 4.66. The summed E-state index contributed by atoms with van der Waals surface area (Å²) in [5, 5.41) is 5.33. The molecular weight excluding hydrogens is 372 g/mol. The van der Waals surface area contributed by atoms with E-state index in [4.69, 9.17) is 5.73 Å². The van der Waals surface area contributed by atoms with Crippen molar-refractivity contribution >= 4 is 33.5 Å². The second kappa shape index (κ2) is 7.48. The molecule has 5 rings (SSSR count). The number of hydrogen-bond donors (Lipinski definition) is 2. The molecule has 0 saturated carbocycles.